The van der Waals surface area contributed by atoms with Crippen LogP contribution in [0.3, 0.4) is 0 Å². The van der Waals surface area contributed by atoms with E-state index in [0.29, 0.717) is 31.3 Å². The van der Waals surface area contributed by atoms with Gasteiger partial charge in [0.2, 0.25) is 0 Å². The number of rotatable bonds is 6. The van der Waals surface area contributed by atoms with E-state index in [-0.39, 0.29) is 0 Å². The van der Waals surface area contributed by atoms with Crippen LogP contribution in [0.15, 0.2) is 24.3 Å². The molecule has 0 amide bonds. The number of anilines is 1. The van der Waals surface area contributed by atoms with Gasteiger partial charge in [0.25, 0.3) is 0 Å². The monoisotopic (exact) mass is 276 g/mol. The maximum Gasteiger partial charge on any atom is 0.145 e. The number of nitrogens with two attached hydrogens (primary N) is 1. The molecule has 1 unspecified atom stereocenters. The predicted molar refractivity (Wildman–Crippen MR) is 78.2 cm³/mol. The summed E-state index contributed by atoms with van der Waals surface area (Å²) in [6.45, 7) is 1.32. The van der Waals surface area contributed by atoms with Crippen molar-refractivity contribution in [2.24, 2.45) is 0 Å². The molecular formula is C14H20N4O2. The van der Waals surface area contributed by atoms with Gasteiger partial charge in [-0.15, -0.1) is 0 Å². The van der Waals surface area contributed by atoms with Crippen LogP contribution in [0.1, 0.15) is 5.82 Å². The van der Waals surface area contributed by atoms with Gasteiger partial charge >= 0.3 is 0 Å². The summed E-state index contributed by atoms with van der Waals surface area (Å²) in [6, 6.07) is 7.65. The van der Waals surface area contributed by atoms with E-state index in [1.807, 2.05) is 36.2 Å². The first-order valence-corrected chi connectivity index (χ1v) is 6.47. The number of methoxy groups -OCH3 is 1. The number of nitrogens with zero attached hydrogens (tertiary/aromatic N) is 3. The SMILES string of the molecule is COCC(O)CN(C)Cc1nc(N)c2ccccc2n1. The van der Waals surface area contributed by atoms with E-state index >= 15 is 0 Å². The molecule has 6 heteroatoms. The van der Waals surface area contributed by atoms with Crippen molar-refractivity contribution in [1.82, 2.24) is 14.9 Å². The molecule has 1 aromatic heterocycles. The highest BCUT2D eigenvalue weighted by atomic mass is 16.5. The quantitative estimate of drug-likeness (QED) is 0.806. The van der Waals surface area contributed by atoms with E-state index in [0.717, 1.165) is 10.9 Å². The summed E-state index contributed by atoms with van der Waals surface area (Å²) >= 11 is 0. The summed E-state index contributed by atoms with van der Waals surface area (Å²) in [4.78, 5) is 10.7. The van der Waals surface area contributed by atoms with Crippen LogP contribution in [-0.2, 0) is 11.3 Å². The Morgan fingerprint density at radius 1 is 1.35 bits per heavy atom. The maximum absolute atomic E-state index is 9.69. The van der Waals surface area contributed by atoms with Crippen molar-refractivity contribution in [2.75, 3.05) is 33.0 Å². The molecule has 2 rings (SSSR count). The fraction of sp³-hybridized carbons (Fsp3) is 0.429. The lowest BCUT2D eigenvalue weighted by Crippen LogP contribution is -2.32. The summed E-state index contributed by atoms with van der Waals surface area (Å²) < 4.78 is 4.90. The predicted octanol–water partition coefficient (Wildman–Crippen LogP) is 0.651. The zero-order valence-electron chi connectivity index (χ0n) is 11.8. The van der Waals surface area contributed by atoms with Crippen molar-refractivity contribution < 1.29 is 9.84 Å². The summed E-state index contributed by atoms with van der Waals surface area (Å²) in [5.74, 6) is 1.13. The molecule has 108 valence electrons. The number of aliphatic hydroxyl groups excluding tert-OH is 1. The van der Waals surface area contributed by atoms with Gasteiger partial charge in [-0.25, -0.2) is 9.97 Å². The highest BCUT2D eigenvalue weighted by Crippen LogP contribution is 2.17. The van der Waals surface area contributed by atoms with Crippen molar-refractivity contribution in [3.05, 3.63) is 30.1 Å². The molecule has 0 saturated carbocycles. The van der Waals surface area contributed by atoms with Gasteiger partial charge in [0.05, 0.1) is 24.8 Å². The van der Waals surface area contributed by atoms with Gasteiger partial charge in [-0.3, -0.25) is 4.90 Å². The summed E-state index contributed by atoms with van der Waals surface area (Å²) in [6.07, 6.45) is -0.525. The second kappa shape index (κ2) is 6.60. The van der Waals surface area contributed by atoms with E-state index in [1.165, 1.54) is 0 Å². The lowest BCUT2D eigenvalue weighted by Gasteiger charge is -2.19. The van der Waals surface area contributed by atoms with E-state index < -0.39 is 6.10 Å². The molecule has 0 bridgehead atoms. The Bertz CT molecular complexity index is 576. The molecule has 0 spiro atoms. The van der Waals surface area contributed by atoms with Gasteiger partial charge in [0, 0.05) is 19.0 Å². The van der Waals surface area contributed by atoms with Gasteiger partial charge in [-0.2, -0.15) is 0 Å². The minimum absolute atomic E-state index is 0.311. The fourth-order valence-electron chi connectivity index (χ4n) is 2.13. The Balaban J connectivity index is 2.09. The number of likely N-dealkylation sites (N-methyl/N-ethyl adjacent to an activating group) is 1. The second-order valence-electron chi connectivity index (χ2n) is 4.85. The smallest absolute Gasteiger partial charge is 0.145 e. The highest BCUT2D eigenvalue weighted by Gasteiger charge is 2.11. The number of benzene rings is 1. The topological polar surface area (TPSA) is 84.5 Å². The standard InChI is InChI=1S/C14H20N4O2/c1-18(7-10(19)9-20-2)8-13-16-12-6-4-3-5-11(12)14(15)17-13/h3-6,10,19H,7-9H2,1-2H3,(H2,15,16,17). The van der Waals surface area contributed by atoms with Gasteiger partial charge in [0.15, 0.2) is 0 Å². The van der Waals surface area contributed by atoms with Crippen molar-refractivity contribution in [2.45, 2.75) is 12.6 Å². The van der Waals surface area contributed by atoms with Gasteiger partial charge in [0.1, 0.15) is 11.6 Å². The zero-order chi connectivity index (χ0) is 14.5. The Morgan fingerprint density at radius 3 is 2.85 bits per heavy atom. The molecule has 3 N–H and O–H groups in total. The summed E-state index contributed by atoms with van der Waals surface area (Å²) in [5.41, 5.74) is 6.78. The first kappa shape index (κ1) is 14.6. The number of fused-ring (bicyclic) bond motifs is 1. The maximum atomic E-state index is 9.69. The van der Waals surface area contributed by atoms with Crippen LogP contribution < -0.4 is 5.73 Å². The minimum atomic E-state index is -0.525. The number of ether oxygens (including phenoxy) is 1. The number of aromatic nitrogens is 2. The molecular weight excluding hydrogens is 256 g/mol. The van der Waals surface area contributed by atoms with E-state index in [4.69, 9.17) is 10.5 Å². The Morgan fingerprint density at radius 2 is 2.10 bits per heavy atom. The molecule has 6 nitrogen and oxygen atoms in total. The highest BCUT2D eigenvalue weighted by molar-refractivity contribution is 5.87. The summed E-state index contributed by atoms with van der Waals surface area (Å²) in [7, 11) is 3.46. The van der Waals surface area contributed by atoms with E-state index in [9.17, 15) is 5.11 Å². The van der Waals surface area contributed by atoms with Gasteiger partial charge in [-0.05, 0) is 19.2 Å². The van der Waals surface area contributed by atoms with Crippen LogP contribution >= 0.6 is 0 Å². The molecule has 1 aromatic carbocycles. The normalized spacial score (nSPS) is 13.0. The van der Waals surface area contributed by atoms with Crippen LogP contribution in [0.25, 0.3) is 10.9 Å². The number of hydrogen-bond acceptors (Lipinski definition) is 6. The number of para-hydroxylation sites is 1. The Labute approximate surface area is 118 Å². The van der Waals surface area contributed by atoms with Gasteiger partial charge in [-0.1, -0.05) is 12.1 Å². The second-order valence-corrected chi connectivity index (χ2v) is 4.85. The lowest BCUT2D eigenvalue weighted by molar-refractivity contribution is 0.0414. The molecule has 20 heavy (non-hydrogen) atoms. The molecule has 2 aromatic rings. The molecule has 0 radical (unpaired) electrons. The zero-order valence-corrected chi connectivity index (χ0v) is 11.8. The van der Waals surface area contributed by atoms with Crippen LogP contribution in [0.4, 0.5) is 5.82 Å². The van der Waals surface area contributed by atoms with Crippen LogP contribution in [0.5, 0.6) is 0 Å². The van der Waals surface area contributed by atoms with Crippen LogP contribution in [0, 0.1) is 0 Å². The molecule has 1 atom stereocenters. The third kappa shape index (κ3) is 3.63. The summed E-state index contributed by atoms with van der Waals surface area (Å²) in [5, 5.41) is 10.6. The first-order chi connectivity index (χ1) is 9.60. The first-order valence-electron chi connectivity index (χ1n) is 6.47. The van der Waals surface area contributed by atoms with Gasteiger partial charge < -0.3 is 15.6 Å². The Kier molecular flexibility index (Phi) is 4.84. The number of hydrogen-bond donors (Lipinski definition) is 2. The van der Waals surface area contributed by atoms with Crippen LogP contribution in [-0.4, -0.2) is 53.4 Å². The van der Waals surface area contributed by atoms with E-state index in [2.05, 4.69) is 9.97 Å². The molecule has 0 fully saturated rings. The largest absolute Gasteiger partial charge is 0.389 e. The molecule has 1 heterocycles. The van der Waals surface area contributed by atoms with Crippen molar-refractivity contribution >= 4 is 16.7 Å². The van der Waals surface area contributed by atoms with Crippen molar-refractivity contribution in [1.29, 1.82) is 0 Å². The fourth-order valence-corrected chi connectivity index (χ4v) is 2.13. The third-order valence-electron chi connectivity index (χ3n) is 2.97. The minimum Gasteiger partial charge on any atom is -0.389 e. The van der Waals surface area contributed by atoms with Crippen molar-refractivity contribution in [3.8, 4) is 0 Å². The molecule has 0 saturated heterocycles. The van der Waals surface area contributed by atoms with E-state index in [1.54, 1.807) is 7.11 Å². The van der Waals surface area contributed by atoms with Crippen molar-refractivity contribution in [3.63, 3.8) is 0 Å². The number of aliphatic hydroxyl groups is 1. The average molecular weight is 276 g/mol. The Hall–Kier alpha value is -1.76. The average Bonchev–Trinajstić information content (AvgIpc) is 2.38. The third-order valence-corrected chi connectivity index (χ3v) is 2.97. The number of nitrogen functional groups attached to an aromatic ring is 1. The molecule has 0 aliphatic rings. The van der Waals surface area contributed by atoms with Crippen LogP contribution in [0.2, 0.25) is 0 Å². The molecule has 0 aliphatic carbocycles. The lowest BCUT2D eigenvalue weighted by atomic mass is 10.2. The molecule has 0 aliphatic heterocycles.